The van der Waals surface area contributed by atoms with Crippen LogP contribution in [0.15, 0.2) is 24.3 Å². The van der Waals surface area contributed by atoms with Crippen molar-refractivity contribution in [2.45, 2.75) is 58.1 Å². The predicted octanol–water partition coefficient (Wildman–Crippen LogP) is 3.11. The molecule has 1 aromatic rings. The number of Topliss-reactive ketones (excluding diaryl/α,β-unsaturated/α-hetero) is 1. The lowest BCUT2D eigenvalue weighted by Gasteiger charge is -2.35. The summed E-state index contributed by atoms with van der Waals surface area (Å²) in [5.41, 5.74) is 0.237. The predicted molar refractivity (Wildman–Crippen MR) is 128 cm³/mol. The Morgan fingerprint density at radius 2 is 1.71 bits per heavy atom. The fourth-order valence-electron chi connectivity index (χ4n) is 4.29. The smallest absolute Gasteiger partial charge is 0.407 e. The molecule has 2 amide bonds. The standard InChI is InChI=1S/C26H37N3O5/c1-26(2,3)34-25(32)27-22-17-21(22)24(31)29-14-12-28(13-15-29)11-4-16-33-20-9-7-19(8-10-20)23(30)18-5-6-18/h7-10,18,21-22H,4-6,11-17H2,1-3H3,(H,27,32)/t21-,22+/m0/s1. The largest absolute Gasteiger partial charge is 0.494 e. The molecule has 2 saturated carbocycles. The van der Waals surface area contributed by atoms with Crippen molar-refractivity contribution in [2.75, 3.05) is 39.3 Å². The van der Waals surface area contributed by atoms with Gasteiger partial charge in [-0.3, -0.25) is 14.5 Å². The quantitative estimate of drug-likeness (QED) is 0.440. The molecule has 1 aromatic carbocycles. The van der Waals surface area contributed by atoms with Gasteiger partial charge >= 0.3 is 6.09 Å². The van der Waals surface area contributed by atoms with Gasteiger partial charge in [-0.15, -0.1) is 0 Å². The third kappa shape index (κ3) is 6.95. The van der Waals surface area contributed by atoms with E-state index in [1.54, 1.807) is 0 Å². The van der Waals surface area contributed by atoms with E-state index < -0.39 is 11.7 Å². The van der Waals surface area contributed by atoms with E-state index in [2.05, 4.69) is 10.2 Å². The van der Waals surface area contributed by atoms with E-state index in [0.717, 1.165) is 50.2 Å². The minimum atomic E-state index is -0.541. The van der Waals surface area contributed by atoms with Crippen LogP contribution >= 0.6 is 0 Å². The van der Waals surface area contributed by atoms with Gasteiger partial charge in [0.05, 0.1) is 12.5 Å². The van der Waals surface area contributed by atoms with Crippen LogP contribution in [0.4, 0.5) is 4.79 Å². The van der Waals surface area contributed by atoms with Crippen LogP contribution in [-0.2, 0) is 9.53 Å². The van der Waals surface area contributed by atoms with Crippen LogP contribution in [0, 0.1) is 11.8 Å². The van der Waals surface area contributed by atoms with Crippen molar-refractivity contribution >= 4 is 17.8 Å². The second-order valence-electron chi connectivity index (χ2n) is 10.6. The van der Waals surface area contributed by atoms with Gasteiger partial charge in [-0.2, -0.15) is 0 Å². The molecule has 0 spiro atoms. The zero-order valence-electron chi connectivity index (χ0n) is 20.5. The highest BCUT2D eigenvalue weighted by atomic mass is 16.6. The summed E-state index contributed by atoms with van der Waals surface area (Å²) in [6, 6.07) is 7.36. The van der Waals surface area contributed by atoms with Gasteiger partial charge in [0.25, 0.3) is 0 Å². The topological polar surface area (TPSA) is 88.2 Å². The molecule has 3 aliphatic rings. The molecule has 2 atom stereocenters. The molecule has 1 aliphatic heterocycles. The minimum Gasteiger partial charge on any atom is -0.494 e. The van der Waals surface area contributed by atoms with Crippen molar-refractivity contribution in [3.8, 4) is 5.75 Å². The van der Waals surface area contributed by atoms with Crippen molar-refractivity contribution in [1.29, 1.82) is 0 Å². The van der Waals surface area contributed by atoms with Gasteiger partial charge in [-0.1, -0.05) is 0 Å². The number of hydrogen-bond acceptors (Lipinski definition) is 6. The molecule has 0 bridgehead atoms. The fraction of sp³-hybridized carbons (Fsp3) is 0.654. The van der Waals surface area contributed by atoms with Crippen molar-refractivity contribution in [1.82, 2.24) is 15.1 Å². The lowest BCUT2D eigenvalue weighted by molar-refractivity contribution is -0.134. The van der Waals surface area contributed by atoms with Crippen LogP contribution in [-0.4, -0.2) is 78.6 Å². The second kappa shape index (κ2) is 10.3. The molecule has 186 valence electrons. The van der Waals surface area contributed by atoms with Gasteiger partial charge in [-0.05, 0) is 70.7 Å². The molecule has 8 heteroatoms. The molecule has 0 aromatic heterocycles. The van der Waals surface area contributed by atoms with Gasteiger partial charge in [0, 0.05) is 50.2 Å². The number of nitrogens with zero attached hydrogens (tertiary/aromatic N) is 2. The van der Waals surface area contributed by atoms with Gasteiger partial charge in [0.1, 0.15) is 11.4 Å². The Labute approximate surface area is 201 Å². The maximum atomic E-state index is 12.7. The highest BCUT2D eigenvalue weighted by Crippen LogP contribution is 2.33. The van der Waals surface area contributed by atoms with Gasteiger partial charge in [0.15, 0.2) is 5.78 Å². The third-order valence-electron chi connectivity index (χ3n) is 6.47. The highest BCUT2D eigenvalue weighted by molar-refractivity contribution is 5.99. The number of carbonyl (C=O) groups excluding carboxylic acids is 3. The van der Waals surface area contributed by atoms with Gasteiger partial charge < -0.3 is 19.7 Å². The Morgan fingerprint density at radius 1 is 1.03 bits per heavy atom. The Morgan fingerprint density at radius 3 is 2.32 bits per heavy atom. The number of ether oxygens (including phenoxy) is 2. The van der Waals surface area contributed by atoms with Crippen LogP contribution in [0.25, 0.3) is 0 Å². The lowest BCUT2D eigenvalue weighted by atomic mass is 10.1. The molecular weight excluding hydrogens is 434 g/mol. The van der Waals surface area contributed by atoms with Crippen LogP contribution in [0.2, 0.25) is 0 Å². The van der Waals surface area contributed by atoms with Crippen molar-refractivity contribution in [3.63, 3.8) is 0 Å². The summed E-state index contributed by atoms with van der Waals surface area (Å²) in [5.74, 6) is 1.29. The minimum absolute atomic E-state index is 0.113. The summed E-state index contributed by atoms with van der Waals surface area (Å²) < 4.78 is 11.1. The van der Waals surface area contributed by atoms with Crippen molar-refractivity contribution < 1.29 is 23.9 Å². The Kier molecular flexibility index (Phi) is 7.45. The lowest BCUT2D eigenvalue weighted by Crippen LogP contribution is -2.50. The Balaban J connectivity index is 1.08. The number of alkyl carbamates (subject to hydrolysis) is 1. The molecule has 0 radical (unpaired) electrons. The number of benzene rings is 1. The number of nitrogens with one attached hydrogen (secondary N) is 1. The number of hydrogen-bond donors (Lipinski definition) is 1. The summed E-state index contributed by atoms with van der Waals surface area (Å²) in [5, 5.41) is 2.80. The zero-order chi connectivity index (χ0) is 24.3. The third-order valence-corrected chi connectivity index (χ3v) is 6.47. The first kappa shape index (κ1) is 24.5. The second-order valence-corrected chi connectivity index (χ2v) is 10.6. The van der Waals surface area contributed by atoms with E-state index in [9.17, 15) is 14.4 Å². The first-order chi connectivity index (χ1) is 16.2. The van der Waals surface area contributed by atoms with Gasteiger partial charge in [0.2, 0.25) is 5.91 Å². The first-order valence-corrected chi connectivity index (χ1v) is 12.5. The fourth-order valence-corrected chi connectivity index (χ4v) is 4.29. The molecule has 8 nitrogen and oxygen atoms in total. The zero-order valence-corrected chi connectivity index (χ0v) is 20.5. The summed E-state index contributed by atoms with van der Waals surface area (Å²) >= 11 is 0. The van der Waals surface area contributed by atoms with Crippen LogP contribution in [0.5, 0.6) is 5.75 Å². The molecule has 0 unspecified atom stereocenters. The highest BCUT2D eigenvalue weighted by Gasteiger charge is 2.46. The molecule has 2 aliphatic carbocycles. The monoisotopic (exact) mass is 471 g/mol. The maximum absolute atomic E-state index is 12.7. The van der Waals surface area contributed by atoms with E-state index in [1.165, 1.54) is 0 Å². The van der Waals surface area contributed by atoms with E-state index in [4.69, 9.17) is 9.47 Å². The number of carbonyl (C=O) groups is 3. The molecular formula is C26H37N3O5. The SMILES string of the molecule is CC(C)(C)OC(=O)N[C@@H]1C[C@@H]1C(=O)N1CCN(CCCOc2ccc(C(=O)C3CC3)cc2)CC1. The van der Waals surface area contributed by atoms with Crippen molar-refractivity contribution in [3.05, 3.63) is 29.8 Å². The Hall–Kier alpha value is -2.61. The molecule has 1 saturated heterocycles. The first-order valence-electron chi connectivity index (χ1n) is 12.5. The van der Waals surface area contributed by atoms with E-state index in [0.29, 0.717) is 26.1 Å². The summed E-state index contributed by atoms with van der Waals surface area (Å²) in [6.07, 6.45) is 3.17. The normalized spacial score (nSPS) is 22.7. The average molecular weight is 472 g/mol. The summed E-state index contributed by atoms with van der Waals surface area (Å²) in [4.78, 5) is 41.0. The van der Waals surface area contributed by atoms with E-state index in [-0.39, 0.29) is 29.6 Å². The average Bonchev–Trinajstić information content (AvgIpc) is 3.71. The number of piperazine rings is 1. The van der Waals surface area contributed by atoms with Crippen molar-refractivity contribution in [2.24, 2.45) is 11.8 Å². The van der Waals surface area contributed by atoms with E-state index in [1.807, 2.05) is 49.9 Å². The molecule has 1 heterocycles. The van der Waals surface area contributed by atoms with Crippen LogP contribution < -0.4 is 10.1 Å². The molecule has 1 N–H and O–H groups in total. The summed E-state index contributed by atoms with van der Waals surface area (Å²) in [7, 11) is 0. The van der Waals surface area contributed by atoms with Gasteiger partial charge in [-0.25, -0.2) is 4.79 Å². The van der Waals surface area contributed by atoms with E-state index >= 15 is 0 Å². The number of ketones is 1. The number of rotatable bonds is 9. The van der Waals surface area contributed by atoms with Crippen LogP contribution in [0.3, 0.4) is 0 Å². The molecule has 34 heavy (non-hydrogen) atoms. The number of amides is 2. The molecule has 4 rings (SSSR count). The summed E-state index contributed by atoms with van der Waals surface area (Å²) in [6.45, 7) is 10.1. The van der Waals surface area contributed by atoms with Crippen LogP contribution in [0.1, 0.15) is 56.8 Å². The Bertz CT molecular complexity index is 883. The molecule has 3 fully saturated rings. The maximum Gasteiger partial charge on any atom is 0.407 e.